The van der Waals surface area contributed by atoms with Crippen molar-refractivity contribution in [2.24, 2.45) is 0 Å². The molecule has 0 saturated carbocycles. The van der Waals surface area contributed by atoms with Crippen molar-refractivity contribution in [1.82, 2.24) is 5.32 Å². The quantitative estimate of drug-likeness (QED) is 0.832. The van der Waals surface area contributed by atoms with Crippen LogP contribution >= 0.6 is 23.2 Å². The number of hydrogen-bond acceptors (Lipinski definition) is 1. The molecule has 0 spiro atoms. The van der Waals surface area contributed by atoms with Crippen molar-refractivity contribution in [2.45, 2.75) is 12.8 Å². The van der Waals surface area contributed by atoms with Crippen molar-refractivity contribution in [3.63, 3.8) is 0 Å². The zero-order chi connectivity index (χ0) is 11.1. The van der Waals surface area contributed by atoms with E-state index in [2.05, 4.69) is 36.5 Å². The molecule has 1 aromatic carbocycles. The maximum atomic E-state index is 5.76. The van der Waals surface area contributed by atoms with Crippen LogP contribution in [-0.4, -0.2) is 13.1 Å². The van der Waals surface area contributed by atoms with E-state index in [9.17, 15) is 0 Å². The van der Waals surface area contributed by atoms with Crippen LogP contribution in [0, 0.1) is 0 Å². The number of benzene rings is 1. The third-order valence-corrected chi connectivity index (χ3v) is 2.85. The average molecular weight is 244 g/mol. The summed E-state index contributed by atoms with van der Waals surface area (Å²) in [5.74, 6) is 0.478. The van der Waals surface area contributed by atoms with E-state index in [0.717, 1.165) is 6.54 Å². The Morgan fingerprint density at radius 1 is 1.40 bits per heavy atom. The second-order valence-electron chi connectivity index (χ2n) is 3.50. The van der Waals surface area contributed by atoms with E-state index in [1.54, 1.807) is 0 Å². The summed E-state index contributed by atoms with van der Waals surface area (Å²) in [6, 6.07) is 10.4. The van der Waals surface area contributed by atoms with E-state index in [-0.39, 0.29) is 0 Å². The van der Waals surface area contributed by atoms with E-state index in [4.69, 9.17) is 23.2 Å². The predicted molar refractivity (Wildman–Crippen MR) is 67.5 cm³/mol. The van der Waals surface area contributed by atoms with E-state index < -0.39 is 0 Å². The Kier molecular flexibility index (Phi) is 5.77. The van der Waals surface area contributed by atoms with Gasteiger partial charge in [0.1, 0.15) is 0 Å². The molecule has 1 rings (SSSR count). The Morgan fingerprint density at radius 2 is 2.07 bits per heavy atom. The molecule has 0 radical (unpaired) electrons. The van der Waals surface area contributed by atoms with Gasteiger partial charge < -0.3 is 5.32 Å². The maximum Gasteiger partial charge on any atom is 0.0431 e. The van der Waals surface area contributed by atoms with Crippen LogP contribution in [0.25, 0.3) is 0 Å². The summed E-state index contributed by atoms with van der Waals surface area (Å²) in [6.07, 6.45) is 0. The Balaban J connectivity index is 2.34. The highest BCUT2D eigenvalue weighted by atomic mass is 35.5. The molecule has 1 unspecified atom stereocenters. The summed E-state index contributed by atoms with van der Waals surface area (Å²) in [7, 11) is 0. The topological polar surface area (TPSA) is 12.0 Å². The molecule has 0 amide bonds. The minimum Gasteiger partial charge on any atom is -0.311 e. The fourth-order valence-corrected chi connectivity index (χ4v) is 1.52. The Labute approximate surface area is 101 Å². The first kappa shape index (κ1) is 12.6. The van der Waals surface area contributed by atoms with Crippen LogP contribution in [0.2, 0.25) is 0 Å². The monoisotopic (exact) mass is 243 g/mol. The van der Waals surface area contributed by atoms with Gasteiger partial charge in [0, 0.05) is 23.7 Å². The van der Waals surface area contributed by atoms with Gasteiger partial charge in [-0.2, -0.15) is 0 Å². The first-order chi connectivity index (χ1) is 7.24. The minimum atomic E-state index is 0.478. The summed E-state index contributed by atoms with van der Waals surface area (Å²) in [5, 5.41) is 3.89. The molecule has 82 valence electrons. The van der Waals surface area contributed by atoms with E-state index >= 15 is 0 Å². The molecule has 0 heterocycles. The van der Waals surface area contributed by atoms with Gasteiger partial charge in [0.05, 0.1) is 0 Å². The van der Waals surface area contributed by atoms with E-state index in [1.807, 2.05) is 6.07 Å². The van der Waals surface area contributed by atoms with Crippen molar-refractivity contribution in [3.8, 4) is 0 Å². The maximum absolute atomic E-state index is 5.76. The van der Waals surface area contributed by atoms with Gasteiger partial charge in [0.2, 0.25) is 0 Å². The van der Waals surface area contributed by atoms with Gasteiger partial charge in [-0.1, -0.05) is 60.5 Å². The highest BCUT2D eigenvalue weighted by Crippen LogP contribution is 2.13. The lowest BCUT2D eigenvalue weighted by Gasteiger charge is -2.12. The summed E-state index contributed by atoms with van der Waals surface area (Å²) < 4.78 is 0. The lowest BCUT2D eigenvalue weighted by molar-refractivity contribution is 0.649. The first-order valence-corrected chi connectivity index (χ1v) is 5.76. The molecule has 0 aliphatic rings. The first-order valence-electron chi connectivity index (χ1n) is 4.94. The van der Waals surface area contributed by atoms with Crippen LogP contribution in [0.1, 0.15) is 18.4 Å². The standard InChI is InChI=1S/C12H15Cl2N/c1-10(8-15-9-12(14)7-13)11-5-3-2-4-6-11/h2-7,10,15H,8-9H2,1H3/b12-7-. The molecule has 0 fully saturated rings. The van der Waals surface area contributed by atoms with Crippen molar-refractivity contribution < 1.29 is 0 Å². The van der Waals surface area contributed by atoms with E-state index in [1.165, 1.54) is 11.1 Å². The number of rotatable bonds is 5. The largest absolute Gasteiger partial charge is 0.311 e. The zero-order valence-electron chi connectivity index (χ0n) is 8.71. The molecule has 0 saturated heterocycles. The van der Waals surface area contributed by atoms with Crippen LogP contribution in [-0.2, 0) is 0 Å². The molecule has 0 aromatic heterocycles. The number of halogens is 2. The molecule has 1 aromatic rings. The van der Waals surface area contributed by atoms with Crippen LogP contribution in [0.15, 0.2) is 40.9 Å². The summed E-state index contributed by atoms with van der Waals surface area (Å²) in [6.45, 7) is 3.70. The third-order valence-electron chi connectivity index (χ3n) is 2.23. The SMILES string of the molecule is CC(CNC/C(Cl)=C/Cl)c1ccccc1. The lowest BCUT2D eigenvalue weighted by atomic mass is 10.0. The number of hydrogen-bond donors (Lipinski definition) is 1. The highest BCUT2D eigenvalue weighted by Gasteiger charge is 2.03. The van der Waals surface area contributed by atoms with Gasteiger partial charge in [0.15, 0.2) is 0 Å². The number of nitrogens with one attached hydrogen (secondary N) is 1. The molecule has 1 nitrogen and oxygen atoms in total. The lowest BCUT2D eigenvalue weighted by Crippen LogP contribution is -2.21. The van der Waals surface area contributed by atoms with Gasteiger partial charge >= 0.3 is 0 Å². The van der Waals surface area contributed by atoms with Gasteiger partial charge in [-0.15, -0.1) is 0 Å². The molecule has 0 aliphatic heterocycles. The summed E-state index contributed by atoms with van der Waals surface area (Å²) in [5.41, 5.74) is 2.72. The normalized spacial score (nSPS) is 13.9. The fourth-order valence-electron chi connectivity index (χ4n) is 1.35. The van der Waals surface area contributed by atoms with Crippen LogP contribution < -0.4 is 5.32 Å². The Hall–Kier alpha value is -0.500. The molecule has 0 aliphatic carbocycles. The van der Waals surface area contributed by atoms with Crippen molar-refractivity contribution >= 4 is 23.2 Å². The average Bonchev–Trinajstić information content (AvgIpc) is 2.29. The van der Waals surface area contributed by atoms with Crippen molar-refractivity contribution in [2.75, 3.05) is 13.1 Å². The van der Waals surface area contributed by atoms with Crippen LogP contribution in [0.5, 0.6) is 0 Å². The van der Waals surface area contributed by atoms with E-state index in [0.29, 0.717) is 17.5 Å². The van der Waals surface area contributed by atoms with Gasteiger partial charge in [0.25, 0.3) is 0 Å². The fraction of sp³-hybridized carbons (Fsp3) is 0.333. The third kappa shape index (κ3) is 4.70. The predicted octanol–water partition coefficient (Wildman–Crippen LogP) is 3.70. The van der Waals surface area contributed by atoms with Gasteiger partial charge in [-0.25, -0.2) is 0 Å². The molecular weight excluding hydrogens is 229 g/mol. The zero-order valence-corrected chi connectivity index (χ0v) is 10.2. The van der Waals surface area contributed by atoms with Crippen LogP contribution in [0.4, 0.5) is 0 Å². The molecule has 15 heavy (non-hydrogen) atoms. The molecule has 0 bridgehead atoms. The second kappa shape index (κ2) is 6.89. The molecule has 1 atom stereocenters. The van der Waals surface area contributed by atoms with Crippen molar-refractivity contribution in [1.29, 1.82) is 0 Å². The smallest absolute Gasteiger partial charge is 0.0431 e. The summed E-state index contributed by atoms with van der Waals surface area (Å²) >= 11 is 11.2. The molecular formula is C12H15Cl2N. The van der Waals surface area contributed by atoms with Crippen molar-refractivity contribution in [3.05, 3.63) is 46.5 Å². The van der Waals surface area contributed by atoms with Gasteiger partial charge in [-0.3, -0.25) is 0 Å². The highest BCUT2D eigenvalue weighted by molar-refractivity contribution is 6.36. The minimum absolute atomic E-state index is 0.478. The Bertz CT molecular complexity index is 309. The second-order valence-corrected chi connectivity index (χ2v) is 4.20. The van der Waals surface area contributed by atoms with Crippen LogP contribution in [0.3, 0.4) is 0 Å². The molecule has 3 heteroatoms. The van der Waals surface area contributed by atoms with Gasteiger partial charge in [-0.05, 0) is 11.5 Å². The molecule has 1 N–H and O–H groups in total. The summed E-state index contributed by atoms with van der Waals surface area (Å²) in [4.78, 5) is 0. The Morgan fingerprint density at radius 3 is 2.67 bits per heavy atom.